The molecule has 0 amide bonds. The molecule has 1 aliphatic carbocycles. The Hall–Kier alpha value is -0.720. The first-order valence-corrected chi connectivity index (χ1v) is 7.32. The lowest BCUT2D eigenvalue weighted by molar-refractivity contribution is 0.101. The molecule has 2 unspecified atom stereocenters. The van der Waals surface area contributed by atoms with E-state index in [1.165, 1.54) is 0 Å². The van der Waals surface area contributed by atoms with E-state index < -0.39 is 0 Å². The summed E-state index contributed by atoms with van der Waals surface area (Å²) in [7, 11) is 1.69. The Bertz CT molecular complexity index is 498. The highest BCUT2D eigenvalue weighted by atomic mass is 79.9. The van der Waals surface area contributed by atoms with E-state index in [-0.39, 0.29) is 23.0 Å². The third-order valence-electron chi connectivity index (χ3n) is 3.44. The third-order valence-corrected chi connectivity index (χ3v) is 4.44. The van der Waals surface area contributed by atoms with Crippen LogP contribution in [0.15, 0.2) is 16.6 Å². The van der Waals surface area contributed by atoms with Crippen molar-refractivity contribution >= 4 is 38.8 Å². The summed E-state index contributed by atoms with van der Waals surface area (Å²) in [4.78, 5) is 0.174. The topological polar surface area (TPSA) is 47.3 Å². The maximum absolute atomic E-state index is 14.2. The van der Waals surface area contributed by atoms with Crippen LogP contribution in [0.4, 0.5) is 10.1 Å². The van der Waals surface area contributed by atoms with Gasteiger partial charge in [-0.15, -0.1) is 0 Å². The van der Waals surface area contributed by atoms with E-state index >= 15 is 0 Å². The molecule has 0 bridgehead atoms. The van der Waals surface area contributed by atoms with E-state index in [1.807, 2.05) is 0 Å². The zero-order valence-electron chi connectivity index (χ0n) is 10.6. The second-order valence-corrected chi connectivity index (χ2v) is 5.84. The van der Waals surface area contributed by atoms with Crippen LogP contribution < -0.4 is 11.1 Å². The minimum atomic E-state index is -0.368. The minimum absolute atomic E-state index is 0.133. The van der Waals surface area contributed by atoms with E-state index in [0.717, 1.165) is 19.3 Å². The summed E-state index contributed by atoms with van der Waals surface area (Å²) in [6, 6.07) is 3.52. The molecule has 2 rings (SSSR count). The van der Waals surface area contributed by atoms with Crippen molar-refractivity contribution in [2.24, 2.45) is 5.73 Å². The largest absolute Gasteiger partial charge is 0.389 e. The van der Waals surface area contributed by atoms with Gasteiger partial charge in [0.25, 0.3) is 0 Å². The number of rotatable bonds is 4. The summed E-state index contributed by atoms with van der Waals surface area (Å²) in [6.45, 7) is 0. The van der Waals surface area contributed by atoms with Crippen LogP contribution in [0, 0.1) is 5.82 Å². The van der Waals surface area contributed by atoms with Gasteiger partial charge < -0.3 is 15.8 Å². The average Bonchev–Trinajstić information content (AvgIpc) is 2.82. The normalized spacial score (nSPS) is 22.5. The zero-order valence-corrected chi connectivity index (χ0v) is 13.0. The molecule has 1 aromatic carbocycles. The van der Waals surface area contributed by atoms with Gasteiger partial charge >= 0.3 is 0 Å². The predicted molar refractivity (Wildman–Crippen MR) is 82.0 cm³/mol. The summed E-state index contributed by atoms with van der Waals surface area (Å²) in [5.74, 6) is -0.368. The minimum Gasteiger partial charge on any atom is -0.389 e. The summed E-state index contributed by atoms with van der Waals surface area (Å²) >= 11 is 8.07. The van der Waals surface area contributed by atoms with Crippen LogP contribution in [0.3, 0.4) is 0 Å². The molecule has 0 saturated heterocycles. The highest BCUT2D eigenvalue weighted by molar-refractivity contribution is 9.10. The summed E-state index contributed by atoms with van der Waals surface area (Å²) in [5.41, 5.74) is 6.49. The summed E-state index contributed by atoms with van der Waals surface area (Å²) in [5, 5.41) is 3.20. The zero-order chi connectivity index (χ0) is 14.0. The van der Waals surface area contributed by atoms with E-state index in [1.54, 1.807) is 19.2 Å². The average molecular weight is 347 g/mol. The van der Waals surface area contributed by atoms with Gasteiger partial charge in [-0.2, -0.15) is 0 Å². The maximum Gasteiger partial charge on any atom is 0.161 e. The molecule has 0 heterocycles. The molecule has 2 atom stereocenters. The Morgan fingerprint density at radius 2 is 2.26 bits per heavy atom. The lowest BCUT2D eigenvalue weighted by Gasteiger charge is -2.21. The predicted octanol–water partition coefficient (Wildman–Crippen LogP) is 3.20. The van der Waals surface area contributed by atoms with Gasteiger partial charge in [0.05, 0.1) is 22.3 Å². The van der Waals surface area contributed by atoms with Crippen molar-refractivity contribution < 1.29 is 9.13 Å². The maximum atomic E-state index is 14.2. The number of thiocarbonyl (C=S) groups is 1. The van der Waals surface area contributed by atoms with Crippen LogP contribution in [0.1, 0.15) is 24.8 Å². The highest BCUT2D eigenvalue weighted by Crippen LogP contribution is 2.30. The van der Waals surface area contributed by atoms with Crippen LogP contribution in [0.25, 0.3) is 0 Å². The molecular weight excluding hydrogens is 331 g/mol. The van der Waals surface area contributed by atoms with Crippen LogP contribution in [-0.2, 0) is 4.74 Å². The van der Waals surface area contributed by atoms with Gasteiger partial charge in [0.15, 0.2) is 5.82 Å². The van der Waals surface area contributed by atoms with E-state index in [0.29, 0.717) is 15.7 Å². The lowest BCUT2D eigenvalue weighted by atomic mass is 10.1. The van der Waals surface area contributed by atoms with Crippen LogP contribution in [0.5, 0.6) is 0 Å². The lowest BCUT2D eigenvalue weighted by Crippen LogP contribution is -2.30. The van der Waals surface area contributed by atoms with Gasteiger partial charge in [0.1, 0.15) is 4.99 Å². The van der Waals surface area contributed by atoms with E-state index in [9.17, 15) is 4.39 Å². The van der Waals surface area contributed by atoms with Crippen molar-refractivity contribution in [3.63, 3.8) is 0 Å². The molecule has 1 aromatic rings. The van der Waals surface area contributed by atoms with Crippen LogP contribution in [-0.4, -0.2) is 24.2 Å². The number of hydrogen-bond donors (Lipinski definition) is 2. The Kier molecular flexibility index (Phi) is 4.76. The van der Waals surface area contributed by atoms with Gasteiger partial charge in [-0.1, -0.05) is 12.2 Å². The fourth-order valence-corrected chi connectivity index (χ4v) is 3.28. The molecule has 0 radical (unpaired) electrons. The molecule has 0 aliphatic heterocycles. The molecule has 3 N–H and O–H groups in total. The standard InChI is InChI=1S/C13H16BrFN2OS/c1-18-10-4-2-3-8(10)17-9-6-5-7(13(16)19)11(14)12(9)15/h5-6,8,10,17H,2-4H2,1H3,(H2,16,19). The Morgan fingerprint density at radius 1 is 1.53 bits per heavy atom. The van der Waals surface area contributed by atoms with E-state index in [2.05, 4.69) is 21.2 Å². The van der Waals surface area contributed by atoms with Crippen molar-refractivity contribution in [3.05, 3.63) is 28.0 Å². The molecular formula is C13H16BrFN2OS. The first kappa shape index (κ1) is 14.7. The molecule has 6 heteroatoms. The number of methoxy groups -OCH3 is 1. The van der Waals surface area contributed by atoms with Crippen LogP contribution >= 0.6 is 28.1 Å². The molecule has 0 spiro atoms. The Morgan fingerprint density at radius 3 is 2.89 bits per heavy atom. The number of nitrogens with two attached hydrogens (primary N) is 1. The van der Waals surface area contributed by atoms with Crippen LogP contribution in [0.2, 0.25) is 0 Å². The van der Waals surface area contributed by atoms with Gasteiger partial charge in [-0.05, 0) is 47.3 Å². The summed E-state index contributed by atoms with van der Waals surface area (Å²) < 4.78 is 19.9. The first-order valence-electron chi connectivity index (χ1n) is 6.11. The smallest absolute Gasteiger partial charge is 0.161 e. The monoisotopic (exact) mass is 346 g/mol. The molecule has 104 valence electrons. The molecule has 1 aliphatic rings. The van der Waals surface area contributed by atoms with Crippen molar-refractivity contribution in [3.8, 4) is 0 Å². The number of halogens is 2. The number of benzene rings is 1. The first-order chi connectivity index (χ1) is 9.04. The Labute approximate surface area is 125 Å². The SMILES string of the molecule is COC1CCCC1Nc1ccc(C(N)=S)c(Br)c1F. The van der Waals surface area contributed by atoms with Gasteiger partial charge in [-0.25, -0.2) is 4.39 Å². The quantitative estimate of drug-likeness (QED) is 0.822. The van der Waals surface area contributed by atoms with Gasteiger partial charge in [0, 0.05) is 12.7 Å². The van der Waals surface area contributed by atoms with Gasteiger partial charge in [-0.3, -0.25) is 0 Å². The molecule has 1 fully saturated rings. The van der Waals surface area contributed by atoms with Gasteiger partial charge in [0.2, 0.25) is 0 Å². The molecule has 0 aromatic heterocycles. The molecule has 3 nitrogen and oxygen atoms in total. The third kappa shape index (κ3) is 3.07. The van der Waals surface area contributed by atoms with E-state index in [4.69, 9.17) is 22.7 Å². The highest BCUT2D eigenvalue weighted by Gasteiger charge is 2.28. The number of nitrogens with one attached hydrogen (secondary N) is 1. The van der Waals surface area contributed by atoms with Crippen molar-refractivity contribution in [1.82, 2.24) is 0 Å². The number of hydrogen-bond acceptors (Lipinski definition) is 3. The Balaban J connectivity index is 2.22. The molecule has 19 heavy (non-hydrogen) atoms. The summed E-state index contributed by atoms with van der Waals surface area (Å²) in [6.07, 6.45) is 3.20. The second-order valence-electron chi connectivity index (χ2n) is 4.61. The van der Waals surface area contributed by atoms with Crippen molar-refractivity contribution in [2.45, 2.75) is 31.4 Å². The van der Waals surface area contributed by atoms with Crippen molar-refractivity contribution in [2.75, 3.05) is 12.4 Å². The van der Waals surface area contributed by atoms with Crippen molar-refractivity contribution in [1.29, 1.82) is 0 Å². The number of anilines is 1. The molecule has 1 saturated carbocycles. The second kappa shape index (κ2) is 6.15. The fraction of sp³-hybridized carbons (Fsp3) is 0.462. The number of ether oxygens (including phenoxy) is 1. The fourth-order valence-electron chi connectivity index (χ4n) is 2.42.